The number of hydrogen-bond donors (Lipinski definition) is 0. The zero-order valence-electron chi connectivity index (χ0n) is 8.57. The molecule has 0 N–H and O–H groups in total. The second kappa shape index (κ2) is 5.27. The van der Waals surface area contributed by atoms with Crippen LogP contribution in [0.25, 0.3) is 0 Å². The van der Waals surface area contributed by atoms with E-state index in [-0.39, 0.29) is 16.1 Å². The molecule has 17 heavy (non-hydrogen) atoms. The largest absolute Gasteiger partial charge is 0.496 e. The quantitative estimate of drug-likeness (QED) is 0.619. The van der Waals surface area contributed by atoms with Crippen molar-refractivity contribution in [3.8, 4) is 5.75 Å². The van der Waals surface area contributed by atoms with E-state index in [1.807, 2.05) is 0 Å². The first kappa shape index (κ1) is 14.3. The van der Waals surface area contributed by atoms with Gasteiger partial charge in [0.15, 0.2) is 5.78 Å². The zero-order chi connectivity index (χ0) is 13.2. The van der Waals surface area contributed by atoms with Crippen LogP contribution in [0.1, 0.15) is 15.9 Å². The second-order valence-corrected chi connectivity index (χ2v) is 4.08. The van der Waals surface area contributed by atoms with Crippen molar-refractivity contribution >= 4 is 33.3 Å². The minimum absolute atomic E-state index is 0.139. The predicted octanol–water partition coefficient (Wildman–Crippen LogP) is 3.95. The molecule has 7 heteroatoms. The normalized spacial score (nSPS) is 11.4. The van der Waals surface area contributed by atoms with Gasteiger partial charge >= 0.3 is 6.18 Å². The number of rotatable bonds is 3. The van der Waals surface area contributed by atoms with Crippen LogP contribution < -0.4 is 4.74 Å². The summed E-state index contributed by atoms with van der Waals surface area (Å²) in [6.45, 7) is 0. The third kappa shape index (κ3) is 3.13. The lowest BCUT2D eigenvalue weighted by atomic mass is 10.0. The molecule has 0 spiro atoms. The molecule has 0 fully saturated rings. The monoisotopic (exact) mass is 330 g/mol. The molecule has 0 aliphatic carbocycles. The summed E-state index contributed by atoms with van der Waals surface area (Å²) in [5, 5.41) is -0.367. The van der Waals surface area contributed by atoms with Crippen LogP contribution in [0.2, 0.25) is 5.02 Å². The number of halogens is 5. The van der Waals surface area contributed by atoms with Crippen molar-refractivity contribution < 1.29 is 22.7 Å². The van der Waals surface area contributed by atoms with Crippen molar-refractivity contribution in [3.05, 3.63) is 28.3 Å². The van der Waals surface area contributed by atoms with E-state index in [0.717, 1.165) is 0 Å². The number of Topliss-reactive ketones (excluding diaryl/α,β-unsaturated/α-hetero) is 1. The maximum absolute atomic E-state index is 12.8. The Hall–Kier alpha value is -0.750. The molecule has 0 aliphatic rings. The summed E-state index contributed by atoms with van der Waals surface area (Å²) in [7, 11) is 1.18. The van der Waals surface area contributed by atoms with E-state index in [0.29, 0.717) is 6.07 Å². The highest BCUT2D eigenvalue weighted by atomic mass is 79.9. The van der Waals surface area contributed by atoms with E-state index in [9.17, 15) is 18.0 Å². The molecule has 0 unspecified atom stereocenters. The van der Waals surface area contributed by atoms with E-state index in [1.54, 1.807) is 0 Å². The lowest BCUT2D eigenvalue weighted by molar-refractivity contribution is -0.138. The molecule has 0 aliphatic heterocycles. The molecule has 0 amide bonds. The van der Waals surface area contributed by atoms with Crippen LogP contribution >= 0.6 is 27.5 Å². The summed E-state index contributed by atoms with van der Waals surface area (Å²) in [6.07, 6.45) is -4.66. The van der Waals surface area contributed by atoms with Gasteiger partial charge in [-0.25, -0.2) is 0 Å². The van der Waals surface area contributed by atoms with Crippen LogP contribution in [-0.4, -0.2) is 18.2 Å². The van der Waals surface area contributed by atoms with Gasteiger partial charge in [-0.2, -0.15) is 13.2 Å². The maximum Gasteiger partial charge on any atom is 0.417 e. The summed E-state index contributed by atoms with van der Waals surface area (Å²) in [5.41, 5.74) is -1.60. The SMILES string of the molecule is COc1cc(Cl)cc(C(F)(F)F)c1C(=O)CBr. The fourth-order valence-electron chi connectivity index (χ4n) is 1.32. The summed E-state index contributed by atoms with van der Waals surface area (Å²) in [4.78, 5) is 11.5. The highest BCUT2D eigenvalue weighted by Crippen LogP contribution is 2.38. The van der Waals surface area contributed by atoms with Crippen LogP contribution in [0.15, 0.2) is 12.1 Å². The smallest absolute Gasteiger partial charge is 0.417 e. The summed E-state index contributed by atoms with van der Waals surface area (Å²) in [6, 6.07) is 1.88. The fourth-order valence-corrected chi connectivity index (χ4v) is 1.81. The number of ether oxygens (including phenoxy) is 1. The molecule has 0 saturated heterocycles. The molecule has 0 heterocycles. The van der Waals surface area contributed by atoms with Crippen LogP contribution in [0, 0.1) is 0 Å². The van der Waals surface area contributed by atoms with Crippen molar-refractivity contribution in [1.82, 2.24) is 0 Å². The average Bonchev–Trinajstić information content (AvgIpc) is 2.25. The van der Waals surface area contributed by atoms with Gasteiger partial charge in [-0.05, 0) is 12.1 Å². The van der Waals surface area contributed by atoms with Crippen molar-refractivity contribution in [3.63, 3.8) is 0 Å². The number of methoxy groups -OCH3 is 1. The average molecular weight is 332 g/mol. The predicted molar refractivity (Wildman–Crippen MR) is 61.1 cm³/mol. The van der Waals surface area contributed by atoms with Gasteiger partial charge in [-0.1, -0.05) is 27.5 Å². The van der Waals surface area contributed by atoms with Crippen LogP contribution in [0.4, 0.5) is 13.2 Å². The molecular weight excluding hydrogens is 324 g/mol. The Balaban J connectivity index is 3.56. The topological polar surface area (TPSA) is 26.3 Å². The summed E-state index contributed by atoms with van der Waals surface area (Å²) < 4.78 is 43.0. The standard InChI is InChI=1S/C10H7BrClF3O2/c1-17-8-3-5(12)2-6(10(13,14)15)9(8)7(16)4-11/h2-3H,4H2,1H3. The Morgan fingerprint density at radius 2 is 2.06 bits per heavy atom. The molecule has 0 saturated carbocycles. The first-order chi connectivity index (χ1) is 7.81. The Labute approximate surface area is 109 Å². The van der Waals surface area contributed by atoms with Gasteiger partial charge in [0.1, 0.15) is 5.75 Å². The number of alkyl halides is 4. The lowest BCUT2D eigenvalue weighted by Crippen LogP contribution is -2.15. The molecule has 2 nitrogen and oxygen atoms in total. The van der Waals surface area contributed by atoms with Gasteiger partial charge in [0.25, 0.3) is 0 Å². The Morgan fingerprint density at radius 3 is 2.47 bits per heavy atom. The Bertz CT molecular complexity index is 446. The van der Waals surface area contributed by atoms with Gasteiger partial charge in [0.05, 0.1) is 23.6 Å². The third-order valence-electron chi connectivity index (χ3n) is 1.99. The van der Waals surface area contributed by atoms with Gasteiger partial charge in [-0.15, -0.1) is 0 Å². The van der Waals surface area contributed by atoms with Crippen molar-refractivity contribution in [1.29, 1.82) is 0 Å². The van der Waals surface area contributed by atoms with Crippen LogP contribution in [0.3, 0.4) is 0 Å². The third-order valence-corrected chi connectivity index (χ3v) is 2.72. The first-order valence-corrected chi connectivity index (χ1v) is 5.85. The summed E-state index contributed by atoms with van der Waals surface area (Å²) in [5.74, 6) is -0.903. The van der Waals surface area contributed by atoms with Crippen molar-refractivity contribution in [2.24, 2.45) is 0 Å². The van der Waals surface area contributed by atoms with Crippen LogP contribution in [0.5, 0.6) is 5.75 Å². The molecule has 1 rings (SSSR count). The van der Waals surface area contributed by atoms with Crippen molar-refractivity contribution in [2.45, 2.75) is 6.18 Å². The van der Waals surface area contributed by atoms with E-state index in [4.69, 9.17) is 16.3 Å². The van der Waals surface area contributed by atoms with E-state index in [2.05, 4.69) is 15.9 Å². The number of hydrogen-bond acceptors (Lipinski definition) is 2. The Kier molecular flexibility index (Phi) is 4.43. The van der Waals surface area contributed by atoms with E-state index in [1.165, 1.54) is 13.2 Å². The minimum atomic E-state index is -4.66. The van der Waals surface area contributed by atoms with Gasteiger partial charge in [0.2, 0.25) is 0 Å². The molecule has 0 aromatic heterocycles. The highest BCUT2D eigenvalue weighted by Gasteiger charge is 2.37. The molecule has 0 atom stereocenters. The first-order valence-electron chi connectivity index (χ1n) is 4.35. The number of carbonyl (C=O) groups is 1. The maximum atomic E-state index is 12.8. The molecule has 1 aromatic carbocycles. The van der Waals surface area contributed by atoms with Gasteiger partial charge in [-0.3, -0.25) is 4.79 Å². The molecular formula is C10H7BrClF3O2. The minimum Gasteiger partial charge on any atom is -0.496 e. The van der Waals surface area contributed by atoms with E-state index < -0.39 is 23.1 Å². The molecule has 0 bridgehead atoms. The highest BCUT2D eigenvalue weighted by molar-refractivity contribution is 9.09. The molecule has 0 radical (unpaired) electrons. The zero-order valence-corrected chi connectivity index (χ0v) is 10.9. The van der Waals surface area contributed by atoms with Gasteiger partial charge < -0.3 is 4.74 Å². The summed E-state index contributed by atoms with van der Waals surface area (Å²) >= 11 is 8.38. The number of benzene rings is 1. The molecule has 1 aromatic rings. The van der Waals surface area contributed by atoms with E-state index >= 15 is 0 Å². The second-order valence-electron chi connectivity index (χ2n) is 3.09. The fraction of sp³-hybridized carbons (Fsp3) is 0.300. The number of carbonyl (C=O) groups excluding carboxylic acids is 1. The number of ketones is 1. The van der Waals surface area contributed by atoms with Crippen molar-refractivity contribution in [2.75, 3.05) is 12.4 Å². The van der Waals surface area contributed by atoms with Crippen LogP contribution in [-0.2, 0) is 6.18 Å². The van der Waals surface area contributed by atoms with Gasteiger partial charge in [0, 0.05) is 5.02 Å². The lowest BCUT2D eigenvalue weighted by Gasteiger charge is -2.15. The molecule has 94 valence electrons. The Morgan fingerprint density at radius 1 is 1.47 bits per heavy atom.